The van der Waals surface area contributed by atoms with Crippen LogP contribution < -0.4 is 4.31 Å². The van der Waals surface area contributed by atoms with E-state index in [9.17, 15) is 8.42 Å². The molecule has 0 fully saturated rings. The van der Waals surface area contributed by atoms with Crippen molar-refractivity contribution in [2.24, 2.45) is 0 Å². The Balaban J connectivity index is 2.02. The molecule has 0 unspecified atom stereocenters. The minimum absolute atomic E-state index is 0.305. The molecule has 3 aromatic rings. The Morgan fingerprint density at radius 3 is 1.38 bits per heavy atom. The van der Waals surface area contributed by atoms with E-state index in [-0.39, 0.29) is 0 Å². The van der Waals surface area contributed by atoms with Gasteiger partial charge in [-0.1, -0.05) is 70.0 Å². The fourth-order valence-electron chi connectivity index (χ4n) is 3.79. The van der Waals surface area contributed by atoms with Crippen molar-refractivity contribution in [3.63, 3.8) is 0 Å². The third-order valence-electron chi connectivity index (χ3n) is 5.85. The molecule has 3 aromatic carbocycles. The Kier molecular flexibility index (Phi) is 8.52. The van der Waals surface area contributed by atoms with Crippen LogP contribution in [-0.2, 0) is 29.3 Å². The van der Waals surface area contributed by atoms with Crippen molar-refractivity contribution in [1.29, 1.82) is 0 Å². The second-order valence-electron chi connectivity index (χ2n) is 8.31. The fourth-order valence-corrected chi connectivity index (χ4v) is 5.28. The molecular formula is C28H35NO2S. The second kappa shape index (κ2) is 11.3. The molecule has 0 saturated carbocycles. The van der Waals surface area contributed by atoms with E-state index in [1.807, 2.05) is 60.7 Å². The van der Waals surface area contributed by atoms with Gasteiger partial charge in [-0.2, -0.15) is 0 Å². The monoisotopic (exact) mass is 449 g/mol. The zero-order valence-corrected chi connectivity index (χ0v) is 20.4. The molecule has 3 rings (SSSR count). The molecule has 0 amide bonds. The summed E-state index contributed by atoms with van der Waals surface area (Å²) in [6.45, 7) is 6.42. The first-order valence-corrected chi connectivity index (χ1v) is 13.3. The van der Waals surface area contributed by atoms with Gasteiger partial charge in [0, 0.05) is 0 Å². The number of hydrogen-bond acceptors (Lipinski definition) is 2. The lowest BCUT2D eigenvalue weighted by molar-refractivity contribution is 0.596. The molecule has 0 bridgehead atoms. The first-order valence-electron chi connectivity index (χ1n) is 11.8. The predicted octanol–water partition coefficient (Wildman–Crippen LogP) is 7.46. The summed E-state index contributed by atoms with van der Waals surface area (Å²) in [5, 5.41) is 0. The number of aryl methyl sites for hydroxylation is 3. The van der Waals surface area contributed by atoms with Crippen LogP contribution in [0.25, 0.3) is 0 Å². The zero-order chi connectivity index (χ0) is 23.0. The van der Waals surface area contributed by atoms with Crippen LogP contribution in [0, 0.1) is 0 Å². The predicted molar refractivity (Wildman–Crippen MR) is 135 cm³/mol. The molecule has 0 aliphatic carbocycles. The van der Waals surface area contributed by atoms with E-state index in [0.29, 0.717) is 16.3 Å². The summed E-state index contributed by atoms with van der Waals surface area (Å²) in [7, 11) is -3.76. The first kappa shape index (κ1) is 24.1. The largest absolute Gasteiger partial charge is 0.268 e. The van der Waals surface area contributed by atoms with E-state index in [0.717, 1.165) is 50.5 Å². The quantitative estimate of drug-likeness (QED) is 0.305. The summed E-state index contributed by atoms with van der Waals surface area (Å²) in [4.78, 5) is 0.305. The lowest BCUT2D eigenvalue weighted by Crippen LogP contribution is -2.26. The smallest absolute Gasteiger partial charge is 0.235 e. The Hall–Kier alpha value is -2.59. The van der Waals surface area contributed by atoms with Crippen molar-refractivity contribution in [2.45, 2.75) is 70.6 Å². The van der Waals surface area contributed by atoms with Gasteiger partial charge in [0.1, 0.15) is 0 Å². The minimum Gasteiger partial charge on any atom is -0.235 e. The van der Waals surface area contributed by atoms with E-state index in [4.69, 9.17) is 0 Å². The van der Waals surface area contributed by atoms with Crippen LogP contribution in [0.1, 0.15) is 63.1 Å². The zero-order valence-electron chi connectivity index (χ0n) is 19.5. The number of rotatable bonds is 11. The molecule has 0 atom stereocenters. The number of nitrogens with zero attached hydrogens (tertiary/aromatic N) is 1. The average Bonchev–Trinajstić information content (AvgIpc) is 2.83. The maximum Gasteiger partial charge on any atom is 0.268 e. The highest BCUT2D eigenvalue weighted by molar-refractivity contribution is 7.93. The molecule has 32 heavy (non-hydrogen) atoms. The molecule has 0 spiro atoms. The van der Waals surface area contributed by atoms with Gasteiger partial charge in [0.15, 0.2) is 0 Å². The first-order chi connectivity index (χ1) is 15.5. The van der Waals surface area contributed by atoms with Crippen molar-refractivity contribution < 1.29 is 8.42 Å². The van der Waals surface area contributed by atoms with Gasteiger partial charge in [0.2, 0.25) is 0 Å². The molecular weight excluding hydrogens is 414 g/mol. The van der Waals surface area contributed by atoms with Gasteiger partial charge in [-0.25, -0.2) is 12.7 Å². The Labute approximate surface area is 194 Å². The van der Waals surface area contributed by atoms with Gasteiger partial charge in [0.25, 0.3) is 10.0 Å². The van der Waals surface area contributed by atoms with Gasteiger partial charge in [0.05, 0.1) is 16.3 Å². The van der Waals surface area contributed by atoms with Crippen LogP contribution in [0.5, 0.6) is 0 Å². The molecule has 170 valence electrons. The Morgan fingerprint density at radius 1 is 0.594 bits per heavy atom. The van der Waals surface area contributed by atoms with E-state index in [1.54, 1.807) is 12.1 Å². The highest BCUT2D eigenvalue weighted by atomic mass is 32.2. The third-order valence-corrected chi connectivity index (χ3v) is 7.62. The molecule has 0 saturated heterocycles. The molecule has 0 aromatic heterocycles. The Morgan fingerprint density at radius 2 is 1.00 bits per heavy atom. The molecule has 0 aliphatic heterocycles. The summed E-state index contributed by atoms with van der Waals surface area (Å²) in [6, 6.07) is 23.1. The third kappa shape index (κ3) is 5.80. The van der Waals surface area contributed by atoms with Crippen LogP contribution >= 0.6 is 0 Å². The summed E-state index contributed by atoms with van der Waals surface area (Å²) >= 11 is 0. The normalized spacial score (nSPS) is 11.5. The molecule has 0 radical (unpaired) electrons. The number of benzene rings is 3. The lowest BCUT2D eigenvalue weighted by Gasteiger charge is -2.25. The van der Waals surface area contributed by atoms with E-state index >= 15 is 0 Å². The topological polar surface area (TPSA) is 37.4 Å². The van der Waals surface area contributed by atoms with Gasteiger partial charge in [-0.15, -0.1) is 0 Å². The van der Waals surface area contributed by atoms with Crippen LogP contribution in [-0.4, -0.2) is 8.42 Å². The van der Waals surface area contributed by atoms with Crippen LogP contribution in [0.2, 0.25) is 0 Å². The number of anilines is 2. The fraction of sp³-hybridized carbons (Fsp3) is 0.357. The van der Waals surface area contributed by atoms with Crippen molar-refractivity contribution >= 4 is 21.4 Å². The molecule has 0 heterocycles. The summed E-state index contributed by atoms with van der Waals surface area (Å²) < 4.78 is 29.0. The van der Waals surface area contributed by atoms with Crippen LogP contribution in [0.15, 0.2) is 77.7 Å². The van der Waals surface area contributed by atoms with Gasteiger partial charge in [-0.05, 0) is 85.2 Å². The lowest BCUT2D eigenvalue weighted by atomic mass is 10.1. The van der Waals surface area contributed by atoms with Crippen molar-refractivity contribution in [3.05, 3.63) is 89.5 Å². The van der Waals surface area contributed by atoms with Crippen LogP contribution in [0.4, 0.5) is 11.4 Å². The van der Waals surface area contributed by atoms with Gasteiger partial charge in [-0.3, -0.25) is 0 Å². The van der Waals surface area contributed by atoms with E-state index in [2.05, 4.69) is 20.8 Å². The van der Waals surface area contributed by atoms with E-state index in [1.165, 1.54) is 15.4 Å². The summed E-state index contributed by atoms with van der Waals surface area (Å²) in [5.74, 6) is 0. The highest BCUT2D eigenvalue weighted by Gasteiger charge is 2.26. The highest BCUT2D eigenvalue weighted by Crippen LogP contribution is 2.33. The average molecular weight is 450 g/mol. The van der Waals surface area contributed by atoms with Crippen molar-refractivity contribution in [1.82, 2.24) is 0 Å². The number of hydrogen-bond donors (Lipinski definition) is 0. The van der Waals surface area contributed by atoms with Crippen LogP contribution in [0.3, 0.4) is 0 Å². The van der Waals surface area contributed by atoms with E-state index < -0.39 is 10.0 Å². The molecule has 3 nitrogen and oxygen atoms in total. The molecule has 0 aliphatic rings. The van der Waals surface area contributed by atoms with Gasteiger partial charge >= 0.3 is 0 Å². The number of sulfonamides is 1. The summed E-state index contributed by atoms with van der Waals surface area (Å²) in [5.41, 5.74) is 4.90. The molecule has 0 N–H and O–H groups in total. The maximum absolute atomic E-state index is 13.8. The molecule has 4 heteroatoms. The van der Waals surface area contributed by atoms with Gasteiger partial charge < -0.3 is 0 Å². The van der Waals surface area contributed by atoms with Crippen molar-refractivity contribution in [2.75, 3.05) is 4.31 Å². The second-order valence-corrected chi connectivity index (χ2v) is 10.1. The standard InChI is InChI=1S/C28H35NO2S/c1-4-7-9-24-11-17-26(18-12-24)29(27-19-13-25(14-20-27)10-8-5-2)32(30,31)28-21-15-23(6-3)16-22-28/h11-22H,4-10H2,1-3H3. The van der Waals surface area contributed by atoms with Crippen molar-refractivity contribution in [3.8, 4) is 0 Å². The minimum atomic E-state index is -3.76. The Bertz CT molecular complexity index is 1020. The number of unbranched alkanes of at least 4 members (excludes halogenated alkanes) is 2. The summed E-state index contributed by atoms with van der Waals surface area (Å²) in [6.07, 6.45) is 7.43. The SMILES string of the molecule is CCCCc1ccc(N(c2ccc(CCCC)cc2)S(=O)(=O)c2ccc(CC)cc2)cc1. The maximum atomic E-state index is 13.8.